The van der Waals surface area contributed by atoms with Crippen LogP contribution in [0.2, 0.25) is 0 Å². The topological polar surface area (TPSA) is 49.4 Å². The van der Waals surface area contributed by atoms with Gasteiger partial charge in [0.25, 0.3) is 0 Å². The molecule has 0 bridgehead atoms. The van der Waals surface area contributed by atoms with Gasteiger partial charge in [-0.15, -0.1) is 0 Å². The van der Waals surface area contributed by atoms with Gasteiger partial charge in [-0.3, -0.25) is 0 Å². The SMILES string of the molecule is CNCC1CCN(S(=O)(=O)Cc2ccccc2)CC1. The molecule has 1 N–H and O–H groups in total. The van der Waals surface area contributed by atoms with E-state index in [0.29, 0.717) is 19.0 Å². The number of hydrogen-bond donors (Lipinski definition) is 1. The van der Waals surface area contributed by atoms with Crippen molar-refractivity contribution in [2.45, 2.75) is 18.6 Å². The van der Waals surface area contributed by atoms with Gasteiger partial charge in [0.15, 0.2) is 0 Å². The minimum absolute atomic E-state index is 0.116. The van der Waals surface area contributed by atoms with E-state index in [1.54, 1.807) is 4.31 Å². The van der Waals surface area contributed by atoms with E-state index in [1.165, 1.54) is 0 Å². The Bertz CT molecular complexity index is 479. The smallest absolute Gasteiger partial charge is 0.218 e. The molecule has 4 nitrogen and oxygen atoms in total. The van der Waals surface area contributed by atoms with Crippen molar-refractivity contribution in [2.24, 2.45) is 5.92 Å². The number of benzene rings is 1. The van der Waals surface area contributed by atoms with Crippen LogP contribution in [0.4, 0.5) is 0 Å². The van der Waals surface area contributed by atoms with Crippen LogP contribution in [0.15, 0.2) is 30.3 Å². The predicted molar refractivity (Wildman–Crippen MR) is 77.3 cm³/mol. The van der Waals surface area contributed by atoms with Gasteiger partial charge in [0.1, 0.15) is 0 Å². The summed E-state index contributed by atoms with van der Waals surface area (Å²) >= 11 is 0. The Labute approximate surface area is 115 Å². The molecule has 1 saturated heterocycles. The normalized spacial score (nSPS) is 18.6. The van der Waals surface area contributed by atoms with Crippen LogP contribution in [-0.2, 0) is 15.8 Å². The molecule has 1 fully saturated rings. The third-order valence-electron chi connectivity index (χ3n) is 3.65. The maximum atomic E-state index is 12.3. The fourth-order valence-corrected chi connectivity index (χ4v) is 4.12. The van der Waals surface area contributed by atoms with E-state index in [0.717, 1.165) is 24.9 Å². The summed E-state index contributed by atoms with van der Waals surface area (Å²) in [5.41, 5.74) is 0.861. The molecule has 0 amide bonds. The summed E-state index contributed by atoms with van der Waals surface area (Å²) in [6.07, 6.45) is 1.91. The van der Waals surface area contributed by atoms with Crippen molar-refractivity contribution in [3.05, 3.63) is 35.9 Å². The van der Waals surface area contributed by atoms with Crippen LogP contribution in [0.5, 0.6) is 0 Å². The van der Waals surface area contributed by atoms with Crippen molar-refractivity contribution in [2.75, 3.05) is 26.7 Å². The fourth-order valence-electron chi connectivity index (χ4n) is 2.56. The quantitative estimate of drug-likeness (QED) is 0.889. The lowest BCUT2D eigenvalue weighted by molar-refractivity contribution is 0.270. The standard InChI is InChI=1S/C14H22N2O2S/c1-15-11-13-7-9-16(10-8-13)19(17,18)12-14-5-3-2-4-6-14/h2-6,13,15H,7-12H2,1H3. The summed E-state index contributed by atoms with van der Waals surface area (Å²) in [4.78, 5) is 0. The second-order valence-electron chi connectivity index (χ2n) is 5.14. The summed E-state index contributed by atoms with van der Waals surface area (Å²) in [6.45, 7) is 2.29. The Morgan fingerprint density at radius 3 is 2.42 bits per heavy atom. The highest BCUT2D eigenvalue weighted by molar-refractivity contribution is 7.88. The highest BCUT2D eigenvalue weighted by Crippen LogP contribution is 2.21. The summed E-state index contributed by atoms with van der Waals surface area (Å²) < 4.78 is 26.3. The van der Waals surface area contributed by atoms with Crippen LogP contribution < -0.4 is 5.32 Å². The van der Waals surface area contributed by atoms with Gasteiger partial charge >= 0.3 is 0 Å². The van der Waals surface area contributed by atoms with E-state index in [-0.39, 0.29) is 5.75 Å². The van der Waals surface area contributed by atoms with Crippen LogP contribution in [0.25, 0.3) is 0 Å². The summed E-state index contributed by atoms with van der Waals surface area (Å²) in [5.74, 6) is 0.720. The molecule has 0 radical (unpaired) electrons. The maximum Gasteiger partial charge on any atom is 0.218 e. The fraction of sp³-hybridized carbons (Fsp3) is 0.571. The molecule has 5 heteroatoms. The summed E-state index contributed by atoms with van der Waals surface area (Å²) in [6, 6.07) is 9.39. The van der Waals surface area contributed by atoms with Crippen LogP contribution in [-0.4, -0.2) is 39.4 Å². The molecule has 1 aromatic rings. The van der Waals surface area contributed by atoms with Gasteiger partial charge < -0.3 is 5.32 Å². The van der Waals surface area contributed by atoms with Crippen molar-refractivity contribution in [3.8, 4) is 0 Å². The first-order valence-corrected chi connectivity index (χ1v) is 8.39. The predicted octanol–water partition coefficient (Wildman–Crippen LogP) is 1.45. The van der Waals surface area contributed by atoms with Crippen molar-refractivity contribution >= 4 is 10.0 Å². The molecule has 1 aliphatic heterocycles. The lowest BCUT2D eigenvalue weighted by atomic mass is 9.98. The minimum Gasteiger partial charge on any atom is -0.319 e. The van der Waals surface area contributed by atoms with Gasteiger partial charge in [0.05, 0.1) is 5.75 Å². The molecule has 19 heavy (non-hydrogen) atoms. The summed E-state index contributed by atoms with van der Waals surface area (Å²) in [7, 11) is -1.22. The maximum absolute atomic E-state index is 12.3. The number of rotatable bonds is 5. The average molecular weight is 282 g/mol. The molecule has 0 saturated carbocycles. The highest BCUT2D eigenvalue weighted by atomic mass is 32.2. The Balaban J connectivity index is 1.94. The van der Waals surface area contributed by atoms with Crippen LogP contribution in [0.3, 0.4) is 0 Å². The third kappa shape index (κ3) is 4.03. The molecule has 106 valence electrons. The van der Waals surface area contributed by atoms with Gasteiger partial charge in [-0.2, -0.15) is 0 Å². The Kier molecular flexibility index (Phi) is 4.96. The van der Waals surface area contributed by atoms with Gasteiger partial charge in [0, 0.05) is 13.1 Å². The highest BCUT2D eigenvalue weighted by Gasteiger charge is 2.27. The van der Waals surface area contributed by atoms with Gasteiger partial charge in [-0.1, -0.05) is 30.3 Å². The second kappa shape index (κ2) is 6.50. The monoisotopic (exact) mass is 282 g/mol. The minimum atomic E-state index is -3.16. The number of nitrogens with zero attached hydrogens (tertiary/aromatic N) is 1. The zero-order valence-corrected chi connectivity index (χ0v) is 12.2. The average Bonchev–Trinajstić information content (AvgIpc) is 2.40. The Morgan fingerprint density at radius 1 is 1.21 bits per heavy atom. The van der Waals surface area contributed by atoms with Gasteiger partial charge in [-0.05, 0) is 37.9 Å². The van der Waals surface area contributed by atoms with Crippen molar-refractivity contribution < 1.29 is 8.42 Å². The van der Waals surface area contributed by atoms with Crippen LogP contribution in [0.1, 0.15) is 18.4 Å². The lowest BCUT2D eigenvalue weighted by Gasteiger charge is -2.31. The van der Waals surface area contributed by atoms with E-state index in [2.05, 4.69) is 5.32 Å². The largest absolute Gasteiger partial charge is 0.319 e. The molecule has 1 aromatic carbocycles. The summed E-state index contributed by atoms with van der Waals surface area (Å²) in [5, 5.41) is 3.16. The molecule has 2 rings (SSSR count). The molecule has 0 unspecified atom stereocenters. The molecule has 0 aromatic heterocycles. The molecule has 1 heterocycles. The number of sulfonamides is 1. The first-order valence-electron chi connectivity index (χ1n) is 6.78. The molecule has 1 aliphatic rings. The van der Waals surface area contributed by atoms with E-state index < -0.39 is 10.0 Å². The first-order chi connectivity index (χ1) is 9.12. The molecular formula is C14H22N2O2S. The second-order valence-corrected chi connectivity index (χ2v) is 7.11. The van der Waals surface area contributed by atoms with Crippen molar-refractivity contribution in [1.29, 1.82) is 0 Å². The van der Waals surface area contributed by atoms with Crippen LogP contribution in [0, 0.1) is 5.92 Å². The van der Waals surface area contributed by atoms with E-state index in [4.69, 9.17) is 0 Å². The van der Waals surface area contributed by atoms with Crippen molar-refractivity contribution in [3.63, 3.8) is 0 Å². The van der Waals surface area contributed by atoms with Gasteiger partial charge in [-0.25, -0.2) is 12.7 Å². The first kappa shape index (κ1) is 14.5. The van der Waals surface area contributed by atoms with E-state index >= 15 is 0 Å². The Morgan fingerprint density at radius 2 is 1.84 bits per heavy atom. The molecule has 0 aliphatic carbocycles. The molecular weight excluding hydrogens is 260 g/mol. The number of piperidine rings is 1. The third-order valence-corrected chi connectivity index (χ3v) is 5.50. The number of hydrogen-bond acceptors (Lipinski definition) is 3. The van der Waals surface area contributed by atoms with E-state index in [1.807, 2.05) is 37.4 Å². The van der Waals surface area contributed by atoms with Gasteiger partial charge in [0.2, 0.25) is 10.0 Å². The van der Waals surface area contributed by atoms with E-state index in [9.17, 15) is 8.42 Å². The van der Waals surface area contributed by atoms with Crippen LogP contribution >= 0.6 is 0 Å². The zero-order valence-electron chi connectivity index (χ0n) is 11.4. The molecule has 0 atom stereocenters. The Hall–Kier alpha value is -0.910. The zero-order chi connectivity index (χ0) is 13.7. The van der Waals surface area contributed by atoms with Crippen molar-refractivity contribution in [1.82, 2.24) is 9.62 Å². The molecule has 0 spiro atoms. The number of nitrogens with one attached hydrogen (secondary N) is 1. The lowest BCUT2D eigenvalue weighted by Crippen LogP contribution is -2.40.